The highest BCUT2D eigenvalue weighted by Crippen LogP contribution is 2.35. The molecule has 0 unspecified atom stereocenters. The van der Waals surface area contributed by atoms with E-state index < -0.39 is 0 Å². The molecule has 9 heteroatoms. The van der Waals surface area contributed by atoms with Crippen molar-refractivity contribution in [2.24, 2.45) is 0 Å². The number of carbonyl (C=O) groups excluding carboxylic acids is 1. The van der Waals surface area contributed by atoms with Crippen molar-refractivity contribution in [3.05, 3.63) is 47.8 Å². The molecule has 0 fully saturated rings. The van der Waals surface area contributed by atoms with Gasteiger partial charge < -0.3 is 14.8 Å². The lowest BCUT2D eigenvalue weighted by atomic mass is 10.2. The minimum Gasteiger partial charge on any atom is -0.493 e. The van der Waals surface area contributed by atoms with Crippen LogP contribution in [0.2, 0.25) is 0 Å². The van der Waals surface area contributed by atoms with Crippen LogP contribution in [0.1, 0.15) is 24.7 Å². The van der Waals surface area contributed by atoms with Crippen molar-refractivity contribution in [1.29, 1.82) is 0 Å². The number of hydrogen-bond acceptors (Lipinski definition) is 7. The predicted molar refractivity (Wildman–Crippen MR) is 126 cm³/mol. The second-order valence-electron chi connectivity index (χ2n) is 7.39. The van der Waals surface area contributed by atoms with Gasteiger partial charge in [-0.15, -0.1) is 5.10 Å². The molecule has 0 aliphatic heterocycles. The summed E-state index contributed by atoms with van der Waals surface area (Å²) in [7, 11) is 3.17. The Bertz CT molecular complexity index is 1300. The number of nitrogens with one attached hydrogen (secondary N) is 1. The molecule has 2 aromatic heterocycles. The standard InChI is InChI=1S/C23H25N5O3S/c1-6-20(22(29)25-15-9-7-8-13(2)10-15)32-23-26-17-12-19(31-5)18(30-4)11-16(17)21-24-14(3)27-28(21)23/h7-12,20H,6H2,1-5H3,(H,25,29)/t20-/m0/s1. The monoisotopic (exact) mass is 451 g/mol. The number of fused-ring (bicyclic) bond motifs is 3. The average Bonchev–Trinajstić information content (AvgIpc) is 3.18. The number of rotatable bonds is 7. The van der Waals surface area contributed by atoms with Gasteiger partial charge in [0.2, 0.25) is 5.91 Å². The Kier molecular flexibility index (Phi) is 6.18. The Morgan fingerprint density at radius 2 is 1.88 bits per heavy atom. The van der Waals surface area contributed by atoms with Gasteiger partial charge in [-0.1, -0.05) is 30.8 Å². The molecule has 0 aliphatic rings. The van der Waals surface area contributed by atoms with Crippen LogP contribution in [0.4, 0.5) is 5.69 Å². The fourth-order valence-electron chi connectivity index (χ4n) is 3.48. The number of benzene rings is 2. The van der Waals surface area contributed by atoms with Crippen molar-refractivity contribution in [1.82, 2.24) is 19.6 Å². The molecule has 2 heterocycles. The minimum atomic E-state index is -0.353. The Hall–Kier alpha value is -3.33. The van der Waals surface area contributed by atoms with Crippen LogP contribution in [0.15, 0.2) is 41.6 Å². The quantitative estimate of drug-likeness (QED) is 0.328. The summed E-state index contributed by atoms with van der Waals surface area (Å²) in [6.07, 6.45) is 0.628. The third kappa shape index (κ3) is 4.20. The molecule has 1 N–H and O–H groups in total. The van der Waals surface area contributed by atoms with Crippen LogP contribution in [0, 0.1) is 13.8 Å². The second kappa shape index (κ2) is 9.04. The van der Waals surface area contributed by atoms with Gasteiger partial charge in [0.05, 0.1) is 25.0 Å². The Morgan fingerprint density at radius 3 is 2.56 bits per heavy atom. The van der Waals surface area contributed by atoms with Crippen LogP contribution in [0.25, 0.3) is 16.6 Å². The normalized spacial score (nSPS) is 12.2. The SMILES string of the molecule is CC[C@H](Sc1nc2cc(OC)c(OC)cc2c2nc(C)nn12)C(=O)Nc1cccc(C)c1. The largest absolute Gasteiger partial charge is 0.493 e. The minimum absolute atomic E-state index is 0.0812. The molecule has 4 rings (SSSR count). The maximum absolute atomic E-state index is 13.0. The Balaban J connectivity index is 1.74. The zero-order valence-corrected chi connectivity index (χ0v) is 19.5. The van der Waals surface area contributed by atoms with E-state index in [-0.39, 0.29) is 11.2 Å². The molecular weight excluding hydrogens is 426 g/mol. The van der Waals surface area contributed by atoms with Crippen molar-refractivity contribution >= 4 is 39.9 Å². The fraction of sp³-hybridized carbons (Fsp3) is 0.304. The van der Waals surface area contributed by atoms with E-state index in [0.29, 0.717) is 40.1 Å². The number of carbonyl (C=O) groups is 1. The van der Waals surface area contributed by atoms with Gasteiger partial charge in [0, 0.05) is 17.1 Å². The summed E-state index contributed by atoms with van der Waals surface area (Å²) in [4.78, 5) is 22.4. The third-order valence-corrected chi connectivity index (χ3v) is 6.36. The molecule has 0 spiro atoms. The van der Waals surface area contributed by atoms with Gasteiger partial charge in [-0.3, -0.25) is 4.79 Å². The summed E-state index contributed by atoms with van der Waals surface area (Å²) in [5.41, 5.74) is 3.21. The zero-order valence-electron chi connectivity index (χ0n) is 18.7. The number of hydrogen-bond donors (Lipinski definition) is 1. The van der Waals surface area contributed by atoms with E-state index >= 15 is 0 Å². The molecule has 0 saturated carbocycles. The summed E-state index contributed by atoms with van der Waals surface area (Å²) in [5.74, 6) is 1.71. The molecule has 1 atom stereocenters. The van der Waals surface area contributed by atoms with Crippen molar-refractivity contribution in [3.8, 4) is 11.5 Å². The van der Waals surface area contributed by atoms with Gasteiger partial charge in [0.15, 0.2) is 22.3 Å². The first-order valence-electron chi connectivity index (χ1n) is 10.3. The molecule has 0 aliphatic carbocycles. The van der Waals surface area contributed by atoms with Gasteiger partial charge in [0.1, 0.15) is 5.82 Å². The summed E-state index contributed by atoms with van der Waals surface area (Å²) in [5, 5.41) is 8.56. The van der Waals surface area contributed by atoms with Crippen LogP contribution >= 0.6 is 11.8 Å². The van der Waals surface area contributed by atoms with Crippen molar-refractivity contribution in [2.75, 3.05) is 19.5 Å². The molecule has 0 saturated heterocycles. The molecule has 2 aromatic carbocycles. The van der Waals surface area contributed by atoms with Gasteiger partial charge in [0.25, 0.3) is 0 Å². The Morgan fingerprint density at radius 1 is 1.12 bits per heavy atom. The lowest BCUT2D eigenvalue weighted by Gasteiger charge is -2.16. The van der Waals surface area contributed by atoms with Gasteiger partial charge in [-0.05, 0) is 44.0 Å². The molecule has 1 amide bonds. The second-order valence-corrected chi connectivity index (χ2v) is 8.56. The summed E-state index contributed by atoms with van der Waals surface area (Å²) >= 11 is 1.37. The van der Waals surface area contributed by atoms with Crippen molar-refractivity contribution < 1.29 is 14.3 Å². The fourth-order valence-corrected chi connectivity index (χ4v) is 4.45. The topological polar surface area (TPSA) is 90.6 Å². The Labute approximate surface area is 190 Å². The molecule has 166 valence electrons. The summed E-state index contributed by atoms with van der Waals surface area (Å²) < 4.78 is 12.6. The number of methoxy groups -OCH3 is 2. The first kappa shape index (κ1) is 21.9. The maximum atomic E-state index is 13.0. The molecule has 0 radical (unpaired) electrons. The predicted octanol–water partition coefficient (Wildman–Crippen LogP) is 4.42. The summed E-state index contributed by atoms with van der Waals surface area (Å²) in [6, 6.07) is 11.4. The van der Waals surface area contributed by atoms with E-state index in [1.807, 2.05) is 57.2 Å². The first-order chi connectivity index (χ1) is 15.4. The van der Waals surface area contributed by atoms with E-state index in [1.165, 1.54) is 11.8 Å². The van der Waals surface area contributed by atoms with E-state index in [1.54, 1.807) is 18.7 Å². The van der Waals surface area contributed by atoms with Crippen molar-refractivity contribution in [2.45, 2.75) is 37.6 Å². The van der Waals surface area contributed by atoms with Gasteiger partial charge >= 0.3 is 0 Å². The van der Waals surface area contributed by atoms with Crippen LogP contribution in [-0.4, -0.2) is 45.0 Å². The first-order valence-corrected chi connectivity index (χ1v) is 11.1. The highest BCUT2D eigenvalue weighted by molar-refractivity contribution is 8.00. The smallest absolute Gasteiger partial charge is 0.237 e. The average molecular weight is 452 g/mol. The number of anilines is 1. The van der Waals surface area contributed by atoms with E-state index in [0.717, 1.165) is 16.6 Å². The van der Waals surface area contributed by atoms with Crippen LogP contribution in [0.3, 0.4) is 0 Å². The number of ether oxygens (including phenoxy) is 2. The maximum Gasteiger partial charge on any atom is 0.237 e. The number of nitrogens with zero attached hydrogens (tertiary/aromatic N) is 4. The van der Waals surface area contributed by atoms with Crippen LogP contribution < -0.4 is 14.8 Å². The summed E-state index contributed by atoms with van der Waals surface area (Å²) in [6.45, 7) is 5.80. The third-order valence-electron chi connectivity index (χ3n) is 5.05. The van der Waals surface area contributed by atoms with Crippen molar-refractivity contribution in [3.63, 3.8) is 0 Å². The molecule has 4 aromatic rings. The number of thioether (sulfide) groups is 1. The lowest BCUT2D eigenvalue weighted by molar-refractivity contribution is -0.115. The van der Waals surface area contributed by atoms with Gasteiger partial charge in [-0.25, -0.2) is 9.97 Å². The molecular formula is C23H25N5O3S. The molecule has 32 heavy (non-hydrogen) atoms. The molecule has 0 bridgehead atoms. The van der Waals surface area contributed by atoms with E-state index in [2.05, 4.69) is 15.4 Å². The molecule has 8 nitrogen and oxygen atoms in total. The number of aryl methyl sites for hydroxylation is 2. The highest BCUT2D eigenvalue weighted by atomic mass is 32.2. The number of amides is 1. The van der Waals surface area contributed by atoms with E-state index in [9.17, 15) is 4.79 Å². The van der Waals surface area contributed by atoms with E-state index in [4.69, 9.17) is 14.5 Å². The van der Waals surface area contributed by atoms with Crippen LogP contribution in [-0.2, 0) is 4.79 Å². The lowest BCUT2D eigenvalue weighted by Crippen LogP contribution is -2.25. The highest BCUT2D eigenvalue weighted by Gasteiger charge is 2.23. The van der Waals surface area contributed by atoms with Crippen LogP contribution in [0.5, 0.6) is 11.5 Å². The van der Waals surface area contributed by atoms with Gasteiger partial charge in [-0.2, -0.15) is 4.52 Å². The zero-order chi connectivity index (χ0) is 22.8. The number of aromatic nitrogens is 4.